The molecule has 2 N–H and O–H groups in total. The maximum atomic E-state index is 12.1. The van der Waals surface area contributed by atoms with Crippen LogP contribution in [0.15, 0.2) is 54.6 Å². The molecule has 0 fully saturated rings. The number of ether oxygens (including phenoxy) is 4. The summed E-state index contributed by atoms with van der Waals surface area (Å²) in [5.41, 5.74) is 2.14. The van der Waals surface area contributed by atoms with E-state index in [4.69, 9.17) is 18.9 Å². The van der Waals surface area contributed by atoms with E-state index in [9.17, 15) is 4.79 Å². The van der Waals surface area contributed by atoms with Crippen molar-refractivity contribution in [1.82, 2.24) is 15.5 Å². The standard InChI is InChI=1S/C22H24N4O5/c1-28-16-6-4-15(5-7-16)18-9-11-21(26-25-18)31-13-12-23-22(27)24-19-14-17(29-2)8-10-20(19)30-3/h4-11,14H,12-13H2,1-3H3,(H2,23,24,27). The summed E-state index contributed by atoms with van der Waals surface area (Å²) in [7, 11) is 4.70. The van der Waals surface area contributed by atoms with Gasteiger partial charge in [-0.2, -0.15) is 0 Å². The Bertz CT molecular complexity index is 994. The van der Waals surface area contributed by atoms with Crippen LogP contribution in [0.25, 0.3) is 11.3 Å². The van der Waals surface area contributed by atoms with Gasteiger partial charge in [0, 0.05) is 17.7 Å². The molecule has 9 heteroatoms. The highest BCUT2D eigenvalue weighted by molar-refractivity contribution is 5.91. The number of rotatable bonds is 9. The molecular weight excluding hydrogens is 400 g/mol. The molecule has 3 aromatic rings. The highest BCUT2D eigenvalue weighted by Gasteiger charge is 2.09. The average molecular weight is 424 g/mol. The van der Waals surface area contributed by atoms with Crippen molar-refractivity contribution in [2.24, 2.45) is 0 Å². The van der Waals surface area contributed by atoms with Crippen LogP contribution in [0.2, 0.25) is 0 Å². The SMILES string of the molecule is COc1ccc(-c2ccc(OCCNC(=O)Nc3cc(OC)ccc3OC)nn2)cc1. The maximum absolute atomic E-state index is 12.1. The predicted octanol–water partition coefficient (Wildman–Crippen LogP) is 3.37. The molecule has 1 aromatic heterocycles. The van der Waals surface area contributed by atoms with Crippen LogP contribution in [0, 0.1) is 0 Å². The lowest BCUT2D eigenvalue weighted by Gasteiger charge is -2.12. The number of nitrogens with one attached hydrogen (secondary N) is 2. The molecule has 0 saturated heterocycles. The number of hydrogen-bond donors (Lipinski definition) is 2. The lowest BCUT2D eigenvalue weighted by molar-refractivity contribution is 0.246. The van der Waals surface area contributed by atoms with E-state index >= 15 is 0 Å². The normalized spacial score (nSPS) is 10.2. The Morgan fingerprint density at radius 2 is 1.61 bits per heavy atom. The fourth-order valence-corrected chi connectivity index (χ4v) is 2.71. The number of anilines is 1. The van der Waals surface area contributed by atoms with Gasteiger partial charge in [-0.25, -0.2) is 4.79 Å². The number of nitrogens with zero attached hydrogens (tertiary/aromatic N) is 2. The third kappa shape index (κ3) is 5.99. The second-order valence-corrected chi connectivity index (χ2v) is 6.28. The topological polar surface area (TPSA) is 104 Å². The number of methoxy groups -OCH3 is 3. The summed E-state index contributed by atoms with van der Waals surface area (Å²) < 4.78 is 21.1. The van der Waals surface area contributed by atoms with Gasteiger partial charge in [0.2, 0.25) is 5.88 Å². The van der Waals surface area contributed by atoms with Crippen molar-refractivity contribution in [2.75, 3.05) is 39.8 Å². The lowest BCUT2D eigenvalue weighted by Crippen LogP contribution is -2.32. The van der Waals surface area contributed by atoms with Gasteiger partial charge in [-0.05, 0) is 42.5 Å². The zero-order valence-electron chi connectivity index (χ0n) is 17.5. The second kappa shape index (κ2) is 10.7. The fourth-order valence-electron chi connectivity index (χ4n) is 2.71. The summed E-state index contributed by atoms with van der Waals surface area (Å²) >= 11 is 0. The van der Waals surface area contributed by atoms with Crippen LogP contribution in [-0.4, -0.2) is 50.7 Å². The summed E-state index contributed by atoms with van der Waals surface area (Å²) in [6, 6.07) is 15.8. The van der Waals surface area contributed by atoms with Gasteiger partial charge in [0.15, 0.2) is 0 Å². The van der Waals surface area contributed by atoms with Crippen molar-refractivity contribution in [1.29, 1.82) is 0 Å². The van der Waals surface area contributed by atoms with Gasteiger partial charge in [-0.3, -0.25) is 0 Å². The van der Waals surface area contributed by atoms with Gasteiger partial charge in [0.25, 0.3) is 0 Å². The summed E-state index contributed by atoms with van der Waals surface area (Å²) in [5, 5.41) is 13.7. The summed E-state index contributed by atoms with van der Waals surface area (Å²) in [6.07, 6.45) is 0. The van der Waals surface area contributed by atoms with Crippen molar-refractivity contribution >= 4 is 11.7 Å². The largest absolute Gasteiger partial charge is 0.497 e. The Balaban J connectivity index is 1.45. The molecular formula is C22H24N4O5. The first-order valence-electron chi connectivity index (χ1n) is 9.50. The van der Waals surface area contributed by atoms with Crippen LogP contribution < -0.4 is 29.6 Å². The summed E-state index contributed by atoms with van der Waals surface area (Å²) in [5.74, 6) is 2.28. The van der Waals surface area contributed by atoms with Gasteiger partial charge in [0.1, 0.15) is 23.9 Å². The Labute approximate surface area is 180 Å². The summed E-state index contributed by atoms with van der Waals surface area (Å²) in [4.78, 5) is 12.1. The minimum absolute atomic E-state index is 0.235. The molecule has 9 nitrogen and oxygen atoms in total. The van der Waals surface area contributed by atoms with Gasteiger partial charge in [-0.1, -0.05) is 0 Å². The van der Waals surface area contributed by atoms with Crippen LogP contribution in [0.5, 0.6) is 23.1 Å². The Hall–Kier alpha value is -4.01. The first-order valence-corrected chi connectivity index (χ1v) is 9.50. The molecule has 162 valence electrons. The number of aromatic nitrogens is 2. The van der Waals surface area contributed by atoms with Gasteiger partial charge < -0.3 is 29.6 Å². The molecule has 2 aromatic carbocycles. The third-order valence-corrected chi connectivity index (χ3v) is 4.32. The van der Waals surface area contributed by atoms with E-state index in [1.807, 2.05) is 30.3 Å². The highest BCUT2D eigenvalue weighted by Crippen LogP contribution is 2.28. The molecule has 0 saturated carbocycles. The van der Waals surface area contributed by atoms with Crippen LogP contribution >= 0.6 is 0 Å². The molecule has 0 aliphatic rings. The number of carbonyl (C=O) groups is 1. The first-order chi connectivity index (χ1) is 15.1. The van der Waals surface area contributed by atoms with E-state index in [0.717, 1.165) is 17.0 Å². The van der Waals surface area contributed by atoms with Crippen molar-refractivity contribution < 1.29 is 23.7 Å². The monoisotopic (exact) mass is 424 g/mol. The molecule has 31 heavy (non-hydrogen) atoms. The van der Waals surface area contributed by atoms with E-state index in [1.54, 1.807) is 38.5 Å². The van der Waals surface area contributed by atoms with E-state index in [1.165, 1.54) is 7.11 Å². The minimum atomic E-state index is -0.393. The van der Waals surface area contributed by atoms with Crippen molar-refractivity contribution in [3.8, 4) is 34.4 Å². The van der Waals surface area contributed by atoms with Crippen molar-refractivity contribution in [2.45, 2.75) is 0 Å². The minimum Gasteiger partial charge on any atom is -0.497 e. The van der Waals surface area contributed by atoms with E-state index in [2.05, 4.69) is 20.8 Å². The second-order valence-electron chi connectivity index (χ2n) is 6.28. The molecule has 0 radical (unpaired) electrons. The van der Waals surface area contributed by atoms with Crippen LogP contribution in [0.3, 0.4) is 0 Å². The zero-order chi connectivity index (χ0) is 22.1. The number of urea groups is 1. The number of hydrogen-bond acceptors (Lipinski definition) is 7. The molecule has 0 bridgehead atoms. The molecule has 2 amide bonds. The number of amides is 2. The number of benzene rings is 2. The predicted molar refractivity (Wildman–Crippen MR) is 116 cm³/mol. The van der Waals surface area contributed by atoms with Crippen molar-refractivity contribution in [3.05, 3.63) is 54.6 Å². The Morgan fingerprint density at radius 1 is 0.871 bits per heavy atom. The first kappa shape index (κ1) is 21.7. The molecule has 0 aliphatic carbocycles. The lowest BCUT2D eigenvalue weighted by atomic mass is 10.1. The molecule has 0 atom stereocenters. The highest BCUT2D eigenvalue weighted by atomic mass is 16.5. The zero-order valence-corrected chi connectivity index (χ0v) is 17.5. The van der Waals surface area contributed by atoms with E-state index in [0.29, 0.717) is 23.1 Å². The Kier molecular flexibility index (Phi) is 7.47. The van der Waals surface area contributed by atoms with Crippen LogP contribution in [0.4, 0.5) is 10.5 Å². The molecule has 0 spiro atoms. The quantitative estimate of drug-likeness (QED) is 0.508. The van der Waals surface area contributed by atoms with E-state index < -0.39 is 6.03 Å². The molecule has 3 rings (SSSR count). The average Bonchev–Trinajstić information content (AvgIpc) is 2.82. The smallest absolute Gasteiger partial charge is 0.319 e. The van der Waals surface area contributed by atoms with Gasteiger partial charge >= 0.3 is 6.03 Å². The van der Waals surface area contributed by atoms with E-state index in [-0.39, 0.29) is 13.2 Å². The summed E-state index contributed by atoms with van der Waals surface area (Å²) in [6.45, 7) is 0.513. The molecule has 0 unspecified atom stereocenters. The number of carbonyl (C=O) groups excluding carboxylic acids is 1. The van der Waals surface area contributed by atoms with Gasteiger partial charge in [-0.15, -0.1) is 10.2 Å². The van der Waals surface area contributed by atoms with Crippen LogP contribution in [0.1, 0.15) is 0 Å². The van der Waals surface area contributed by atoms with Crippen LogP contribution in [-0.2, 0) is 0 Å². The maximum Gasteiger partial charge on any atom is 0.319 e. The molecule has 1 heterocycles. The third-order valence-electron chi connectivity index (χ3n) is 4.32. The Morgan fingerprint density at radius 3 is 2.26 bits per heavy atom. The van der Waals surface area contributed by atoms with Crippen molar-refractivity contribution in [3.63, 3.8) is 0 Å². The fraction of sp³-hybridized carbons (Fsp3) is 0.227. The van der Waals surface area contributed by atoms with Gasteiger partial charge in [0.05, 0.1) is 39.3 Å². The molecule has 0 aliphatic heterocycles.